The van der Waals surface area contributed by atoms with Gasteiger partial charge in [-0.1, -0.05) is 45.9 Å². The second kappa shape index (κ2) is 6.42. The lowest BCUT2D eigenvalue weighted by molar-refractivity contribution is 0.490. The molecule has 0 radical (unpaired) electrons. The Hall–Kier alpha value is -1.02. The smallest absolute Gasteiger partial charge is 0.0414 e. The van der Waals surface area contributed by atoms with Crippen LogP contribution in [-0.2, 0) is 6.54 Å². The zero-order chi connectivity index (χ0) is 13.8. The first-order chi connectivity index (χ1) is 9.09. The van der Waals surface area contributed by atoms with Gasteiger partial charge in [-0.15, -0.1) is 0 Å². The number of nitrogens with one attached hydrogen (secondary N) is 1. The molecule has 2 rings (SSSR count). The second-order valence-electron chi connectivity index (χ2n) is 6.31. The minimum atomic E-state index is 0.535. The van der Waals surface area contributed by atoms with Gasteiger partial charge in [0.1, 0.15) is 0 Å². The predicted octanol–water partition coefficient (Wildman–Crippen LogP) is 3.81. The second-order valence-corrected chi connectivity index (χ2v) is 6.31. The topological polar surface area (TPSA) is 15.3 Å². The lowest BCUT2D eigenvalue weighted by Gasteiger charge is -2.31. The fourth-order valence-corrected chi connectivity index (χ4v) is 3.04. The van der Waals surface area contributed by atoms with Gasteiger partial charge in [-0.3, -0.25) is 0 Å². The fourth-order valence-electron chi connectivity index (χ4n) is 3.04. The van der Waals surface area contributed by atoms with Gasteiger partial charge in [-0.2, -0.15) is 0 Å². The summed E-state index contributed by atoms with van der Waals surface area (Å²) < 4.78 is 0. The zero-order valence-corrected chi connectivity index (χ0v) is 12.8. The molecule has 19 heavy (non-hydrogen) atoms. The maximum Gasteiger partial charge on any atom is 0.0414 e. The van der Waals surface area contributed by atoms with Crippen LogP contribution in [0.15, 0.2) is 24.3 Å². The van der Waals surface area contributed by atoms with Gasteiger partial charge in [0.25, 0.3) is 0 Å². The average Bonchev–Trinajstić information content (AvgIpc) is 2.85. The van der Waals surface area contributed by atoms with E-state index in [1.807, 2.05) is 0 Å². The number of rotatable bonds is 5. The van der Waals surface area contributed by atoms with E-state index in [0.717, 1.165) is 12.5 Å². The summed E-state index contributed by atoms with van der Waals surface area (Å²) in [5.41, 5.74) is 2.87. The van der Waals surface area contributed by atoms with Gasteiger partial charge in [0.05, 0.1) is 0 Å². The van der Waals surface area contributed by atoms with E-state index in [4.69, 9.17) is 0 Å². The Morgan fingerprint density at radius 2 is 1.95 bits per heavy atom. The van der Waals surface area contributed by atoms with E-state index in [2.05, 4.69) is 62.2 Å². The van der Waals surface area contributed by atoms with E-state index in [1.165, 1.54) is 30.6 Å². The molecule has 0 aliphatic carbocycles. The van der Waals surface area contributed by atoms with E-state index in [0.29, 0.717) is 12.1 Å². The molecule has 1 N–H and O–H groups in total. The van der Waals surface area contributed by atoms with E-state index in [-0.39, 0.29) is 0 Å². The van der Waals surface area contributed by atoms with Gasteiger partial charge in [0.2, 0.25) is 0 Å². The highest BCUT2D eigenvalue weighted by Gasteiger charge is 2.28. The summed E-state index contributed by atoms with van der Waals surface area (Å²) in [5.74, 6) is 0.730. The Kier molecular flexibility index (Phi) is 4.87. The monoisotopic (exact) mass is 260 g/mol. The van der Waals surface area contributed by atoms with Crippen molar-refractivity contribution < 1.29 is 0 Å². The first-order valence-electron chi connectivity index (χ1n) is 7.67. The first-order valence-corrected chi connectivity index (χ1v) is 7.67. The molecule has 1 aromatic rings. The maximum atomic E-state index is 3.54. The van der Waals surface area contributed by atoms with E-state index in [9.17, 15) is 0 Å². The van der Waals surface area contributed by atoms with Crippen LogP contribution >= 0.6 is 0 Å². The largest absolute Gasteiger partial charge is 0.368 e. The Morgan fingerprint density at radius 3 is 2.63 bits per heavy atom. The minimum Gasteiger partial charge on any atom is -0.368 e. The first kappa shape index (κ1) is 14.4. The number of nitrogens with zero attached hydrogens (tertiary/aromatic N) is 1. The van der Waals surface area contributed by atoms with Crippen molar-refractivity contribution in [2.75, 3.05) is 11.4 Å². The number of hydrogen-bond donors (Lipinski definition) is 1. The van der Waals surface area contributed by atoms with Crippen molar-refractivity contribution in [3.63, 3.8) is 0 Å². The summed E-state index contributed by atoms with van der Waals surface area (Å²) in [6.07, 6.45) is 2.67. The van der Waals surface area contributed by atoms with Crippen LogP contribution in [0.25, 0.3) is 0 Å². The molecule has 0 amide bonds. The molecule has 0 saturated carbocycles. The summed E-state index contributed by atoms with van der Waals surface area (Å²) in [5, 5.41) is 3.54. The zero-order valence-electron chi connectivity index (χ0n) is 12.8. The summed E-state index contributed by atoms with van der Waals surface area (Å²) in [6, 6.07) is 10.1. The fraction of sp³-hybridized carbons (Fsp3) is 0.647. The van der Waals surface area contributed by atoms with Crippen molar-refractivity contribution in [1.82, 2.24) is 5.32 Å². The highest BCUT2D eigenvalue weighted by atomic mass is 15.2. The third kappa shape index (κ3) is 3.50. The third-order valence-electron chi connectivity index (χ3n) is 4.07. The Balaban J connectivity index is 2.19. The van der Waals surface area contributed by atoms with Crippen LogP contribution in [0.3, 0.4) is 0 Å². The van der Waals surface area contributed by atoms with Crippen LogP contribution in [0.4, 0.5) is 5.69 Å². The molecule has 1 heterocycles. The Labute approximate surface area is 118 Å². The van der Waals surface area contributed by atoms with Gasteiger partial charge in [0, 0.05) is 30.9 Å². The highest BCUT2D eigenvalue weighted by molar-refractivity contribution is 5.55. The number of para-hydroxylation sites is 1. The van der Waals surface area contributed by atoms with Crippen molar-refractivity contribution in [1.29, 1.82) is 0 Å². The molecular weight excluding hydrogens is 232 g/mol. The van der Waals surface area contributed by atoms with Gasteiger partial charge >= 0.3 is 0 Å². The quantitative estimate of drug-likeness (QED) is 0.866. The van der Waals surface area contributed by atoms with Crippen LogP contribution in [0.2, 0.25) is 0 Å². The molecule has 1 aliphatic heterocycles. The minimum absolute atomic E-state index is 0.535. The van der Waals surface area contributed by atoms with Crippen LogP contribution in [-0.4, -0.2) is 18.6 Å². The molecule has 1 unspecified atom stereocenters. The molecule has 0 aromatic heterocycles. The highest BCUT2D eigenvalue weighted by Crippen LogP contribution is 2.32. The molecule has 1 aliphatic rings. The predicted molar refractivity (Wildman–Crippen MR) is 83.6 cm³/mol. The number of anilines is 1. The molecular formula is C17H28N2. The third-order valence-corrected chi connectivity index (χ3v) is 4.07. The molecule has 0 spiro atoms. The lowest BCUT2D eigenvalue weighted by atomic mass is 10.0. The number of benzene rings is 1. The average molecular weight is 260 g/mol. The van der Waals surface area contributed by atoms with Crippen molar-refractivity contribution in [3.8, 4) is 0 Å². The summed E-state index contributed by atoms with van der Waals surface area (Å²) >= 11 is 0. The maximum absolute atomic E-state index is 3.54. The van der Waals surface area contributed by atoms with E-state index in [1.54, 1.807) is 0 Å². The van der Waals surface area contributed by atoms with Crippen molar-refractivity contribution in [2.24, 2.45) is 5.92 Å². The molecule has 1 aromatic carbocycles. The molecule has 1 saturated heterocycles. The van der Waals surface area contributed by atoms with Crippen LogP contribution in [0, 0.1) is 5.92 Å². The Bertz CT molecular complexity index is 398. The van der Waals surface area contributed by atoms with Gasteiger partial charge in [0.15, 0.2) is 0 Å². The van der Waals surface area contributed by atoms with Crippen molar-refractivity contribution in [2.45, 2.75) is 59.2 Å². The molecule has 2 nitrogen and oxygen atoms in total. The summed E-state index contributed by atoms with van der Waals surface area (Å²) in [7, 11) is 0. The molecule has 1 fully saturated rings. The van der Waals surface area contributed by atoms with Crippen LogP contribution < -0.4 is 10.2 Å². The van der Waals surface area contributed by atoms with Crippen LogP contribution in [0.1, 0.15) is 46.1 Å². The normalized spacial score (nSPS) is 19.7. The van der Waals surface area contributed by atoms with Crippen LogP contribution in [0.5, 0.6) is 0 Å². The van der Waals surface area contributed by atoms with Gasteiger partial charge in [-0.25, -0.2) is 0 Å². The molecule has 0 bridgehead atoms. The SMILES string of the molecule is CC(C)NCc1ccccc1N1CCCC1C(C)C. The Morgan fingerprint density at radius 1 is 1.21 bits per heavy atom. The van der Waals surface area contributed by atoms with E-state index >= 15 is 0 Å². The van der Waals surface area contributed by atoms with Crippen molar-refractivity contribution in [3.05, 3.63) is 29.8 Å². The van der Waals surface area contributed by atoms with Gasteiger partial charge in [-0.05, 0) is 30.4 Å². The van der Waals surface area contributed by atoms with Crippen molar-refractivity contribution >= 4 is 5.69 Å². The van der Waals surface area contributed by atoms with E-state index < -0.39 is 0 Å². The summed E-state index contributed by atoms with van der Waals surface area (Å²) in [6.45, 7) is 11.3. The molecule has 2 heteroatoms. The lowest BCUT2D eigenvalue weighted by Crippen LogP contribution is -2.34. The summed E-state index contributed by atoms with van der Waals surface area (Å²) in [4.78, 5) is 2.63. The standard InChI is InChI=1S/C17H28N2/c1-13(2)16-10-7-11-19(16)17-9-6-5-8-15(17)12-18-14(3)4/h5-6,8-9,13-14,16,18H,7,10-12H2,1-4H3. The van der Waals surface area contributed by atoms with Gasteiger partial charge < -0.3 is 10.2 Å². The number of hydrogen-bond acceptors (Lipinski definition) is 2. The molecule has 1 atom stereocenters. The molecule has 106 valence electrons.